The summed E-state index contributed by atoms with van der Waals surface area (Å²) >= 11 is 1.31. The van der Waals surface area contributed by atoms with Crippen LogP contribution in [0.3, 0.4) is 0 Å². The zero-order valence-electron chi connectivity index (χ0n) is 11.4. The maximum absolute atomic E-state index is 13.5. The van der Waals surface area contributed by atoms with Crippen LogP contribution < -0.4 is 0 Å². The van der Waals surface area contributed by atoms with Crippen molar-refractivity contribution in [1.29, 1.82) is 0 Å². The van der Waals surface area contributed by atoms with Crippen LogP contribution in [0.15, 0.2) is 35.5 Å². The first kappa shape index (κ1) is 15.0. The maximum atomic E-state index is 13.5. The number of halogens is 1. The van der Waals surface area contributed by atoms with Gasteiger partial charge in [0.25, 0.3) is 0 Å². The molecule has 1 N–H and O–H groups in total. The molecule has 4 nitrogen and oxygen atoms in total. The third kappa shape index (κ3) is 4.05. The van der Waals surface area contributed by atoms with Gasteiger partial charge in [0, 0.05) is 23.6 Å². The van der Waals surface area contributed by atoms with Crippen LogP contribution in [0, 0.1) is 5.82 Å². The number of rotatable bonds is 7. The Morgan fingerprint density at radius 3 is 2.95 bits per heavy atom. The average molecular weight is 295 g/mol. The van der Waals surface area contributed by atoms with Crippen LogP contribution in [0.5, 0.6) is 0 Å². The van der Waals surface area contributed by atoms with Crippen LogP contribution in [-0.4, -0.2) is 31.7 Å². The summed E-state index contributed by atoms with van der Waals surface area (Å²) in [7, 11) is 0. The third-order valence-electron chi connectivity index (χ3n) is 2.82. The SMILES string of the molecule is CCCn1ncnc1CC(O)CSc1ccccc1F. The van der Waals surface area contributed by atoms with Crippen molar-refractivity contribution in [2.45, 2.75) is 37.3 Å². The van der Waals surface area contributed by atoms with E-state index in [0.717, 1.165) is 18.8 Å². The lowest BCUT2D eigenvalue weighted by Crippen LogP contribution is -2.18. The topological polar surface area (TPSA) is 50.9 Å². The molecule has 6 heteroatoms. The maximum Gasteiger partial charge on any atom is 0.138 e. The van der Waals surface area contributed by atoms with Gasteiger partial charge in [-0.1, -0.05) is 19.1 Å². The molecule has 0 bridgehead atoms. The molecule has 0 amide bonds. The van der Waals surface area contributed by atoms with Crippen molar-refractivity contribution in [3.05, 3.63) is 42.2 Å². The second-order valence-electron chi connectivity index (χ2n) is 4.50. The molecule has 2 rings (SSSR count). The summed E-state index contributed by atoms with van der Waals surface area (Å²) in [5.74, 6) is 0.951. The number of aromatic nitrogens is 3. The van der Waals surface area contributed by atoms with Crippen LogP contribution in [0.2, 0.25) is 0 Å². The average Bonchev–Trinajstić information content (AvgIpc) is 2.86. The normalized spacial score (nSPS) is 12.6. The summed E-state index contributed by atoms with van der Waals surface area (Å²) in [4.78, 5) is 4.71. The van der Waals surface area contributed by atoms with Gasteiger partial charge in [0.1, 0.15) is 18.0 Å². The van der Waals surface area contributed by atoms with Gasteiger partial charge in [-0.05, 0) is 18.6 Å². The molecule has 20 heavy (non-hydrogen) atoms. The van der Waals surface area contributed by atoms with Crippen LogP contribution in [0.25, 0.3) is 0 Å². The van der Waals surface area contributed by atoms with Gasteiger partial charge in [-0.2, -0.15) is 5.10 Å². The predicted octanol–water partition coefficient (Wildman–Crippen LogP) is 2.52. The highest BCUT2D eigenvalue weighted by Gasteiger charge is 2.12. The van der Waals surface area contributed by atoms with Crippen molar-refractivity contribution in [2.75, 3.05) is 5.75 Å². The number of aliphatic hydroxyl groups excluding tert-OH is 1. The van der Waals surface area contributed by atoms with Gasteiger partial charge in [-0.25, -0.2) is 9.37 Å². The van der Waals surface area contributed by atoms with E-state index in [1.54, 1.807) is 22.9 Å². The van der Waals surface area contributed by atoms with Gasteiger partial charge in [0.05, 0.1) is 6.10 Å². The molecule has 0 aliphatic carbocycles. The summed E-state index contributed by atoms with van der Waals surface area (Å²) in [5.41, 5.74) is 0. The van der Waals surface area contributed by atoms with E-state index >= 15 is 0 Å². The van der Waals surface area contributed by atoms with E-state index in [9.17, 15) is 9.50 Å². The fourth-order valence-electron chi connectivity index (χ4n) is 1.86. The Balaban J connectivity index is 1.88. The van der Waals surface area contributed by atoms with Crippen molar-refractivity contribution in [3.8, 4) is 0 Å². The standard InChI is InChI=1S/C14H18FN3OS/c1-2-7-18-14(16-10-17-18)8-11(19)9-20-13-6-4-3-5-12(13)15/h3-6,10-11,19H,2,7-9H2,1H3. The Hall–Kier alpha value is -1.40. The molecule has 0 spiro atoms. The Labute approximate surface area is 122 Å². The second-order valence-corrected chi connectivity index (χ2v) is 5.56. The highest BCUT2D eigenvalue weighted by molar-refractivity contribution is 7.99. The zero-order valence-corrected chi connectivity index (χ0v) is 12.2. The Kier molecular flexibility index (Phi) is 5.55. The fourth-order valence-corrected chi connectivity index (χ4v) is 2.73. The minimum atomic E-state index is -0.570. The van der Waals surface area contributed by atoms with E-state index in [2.05, 4.69) is 17.0 Å². The molecule has 0 saturated carbocycles. The molecular formula is C14H18FN3OS. The minimum Gasteiger partial charge on any atom is -0.392 e. The predicted molar refractivity (Wildman–Crippen MR) is 77.1 cm³/mol. The number of thioether (sulfide) groups is 1. The van der Waals surface area contributed by atoms with Crippen molar-refractivity contribution >= 4 is 11.8 Å². The zero-order chi connectivity index (χ0) is 14.4. The van der Waals surface area contributed by atoms with Crippen LogP contribution in [0.1, 0.15) is 19.2 Å². The lowest BCUT2D eigenvalue weighted by atomic mass is 10.3. The number of aryl methyl sites for hydroxylation is 1. The minimum absolute atomic E-state index is 0.251. The smallest absolute Gasteiger partial charge is 0.138 e. The fraction of sp³-hybridized carbons (Fsp3) is 0.429. The molecule has 1 aromatic carbocycles. The van der Waals surface area contributed by atoms with Crippen molar-refractivity contribution < 1.29 is 9.50 Å². The molecule has 108 valence electrons. The number of hydrogen-bond acceptors (Lipinski definition) is 4. The molecule has 1 heterocycles. The monoisotopic (exact) mass is 295 g/mol. The largest absolute Gasteiger partial charge is 0.392 e. The van der Waals surface area contributed by atoms with Crippen LogP contribution >= 0.6 is 11.8 Å². The third-order valence-corrected chi connectivity index (χ3v) is 4.01. The molecular weight excluding hydrogens is 277 g/mol. The van der Waals surface area contributed by atoms with Gasteiger partial charge in [-0.15, -0.1) is 11.8 Å². The number of hydrogen-bond donors (Lipinski definition) is 1. The Morgan fingerprint density at radius 1 is 1.40 bits per heavy atom. The Morgan fingerprint density at radius 2 is 2.20 bits per heavy atom. The first-order valence-electron chi connectivity index (χ1n) is 6.62. The van der Waals surface area contributed by atoms with E-state index in [0.29, 0.717) is 17.1 Å². The number of benzene rings is 1. The van der Waals surface area contributed by atoms with Gasteiger partial charge in [0.2, 0.25) is 0 Å². The van der Waals surface area contributed by atoms with E-state index in [1.165, 1.54) is 24.2 Å². The lowest BCUT2D eigenvalue weighted by molar-refractivity contribution is 0.195. The Bertz CT molecular complexity index is 547. The molecule has 1 unspecified atom stereocenters. The van der Waals surface area contributed by atoms with Crippen molar-refractivity contribution in [3.63, 3.8) is 0 Å². The second kappa shape index (κ2) is 7.40. The molecule has 2 aromatic rings. The molecule has 0 saturated heterocycles. The summed E-state index contributed by atoms with van der Waals surface area (Å²) < 4.78 is 15.3. The first-order chi connectivity index (χ1) is 9.70. The van der Waals surface area contributed by atoms with Gasteiger partial charge in [0.15, 0.2) is 0 Å². The summed E-state index contributed by atoms with van der Waals surface area (Å²) in [6.45, 7) is 2.86. The van der Waals surface area contributed by atoms with Crippen LogP contribution in [-0.2, 0) is 13.0 Å². The highest BCUT2D eigenvalue weighted by atomic mass is 32.2. The lowest BCUT2D eigenvalue weighted by Gasteiger charge is -2.11. The summed E-state index contributed by atoms with van der Waals surface area (Å²) in [6.07, 6.45) is 2.33. The van der Waals surface area contributed by atoms with Gasteiger partial charge >= 0.3 is 0 Å². The summed E-state index contributed by atoms with van der Waals surface area (Å²) in [6, 6.07) is 6.58. The number of aliphatic hydroxyl groups is 1. The molecule has 0 fully saturated rings. The van der Waals surface area contributed by atoms with E-state index in [-0.39, 0.29) is 5.82 Å². The number of nitrogens with zero attached hydrogens (tertiary/aromatic N) is 3. The molecule has 0 aliphatic rings. The molecule has 1 aromatic heterocycles. The van der Waals surface area contributed by atoms with E-state index in [1.807, 2.05) is 0 Å². The molecule has 0 aliphatic heterocycles. The van der Waals surface area contributed by atoms with Gasteiger partial charge in [-0.3, -0.25) is 4.68 Å². The van der Waals surface area contributed by atoms with Crippen molar-refractivity contribution in [1.82, 2.24) is 14.8 Å². The molecule has 1 atom stereocenters. The van der Waals surface area contributed by atoms with E-state index < -0.39 is 6.10 Å². The first-order valence-corrected chi connectivity index (χ1v) is 7.61. The van der Waals surface area contributed by atoms with E-state index in [4.69, 9.17) is 0 Å². The van der Waals surface area contributed by atoms with Crippen molar-refractivity contribution in [2.24, 2.45) is 0 Å². The van der Waals surface area contributed by atoms with Crippen LogP contribution in [0.4, 0.5) is 4.39 Å². The van der Waals surface area contributed by atoms with Gasteiger partial charge < -0.3 is 5.11 Å². The molecule has 0 radical (unpaired) electrons. The quantitative estimate of drug-likeness (QED) is 0.798. The highest BCUT2D eigenvalue weighted by Crippen LogP contribution is 2.22. The summed E-state index contributed by atoms with van der Waals surface area (Å²) in [5, 5.41) is 14.2.